The minimum atomic E-state index is -0.565. The summed E-state index contributed by atoms with van der Waals surface area (Å²) in [7, 11) is 2.82. The number of hydroxylamine groups is 2. The van der Waals surface area contributed by atoms with Crippen LogP contribution in [-0.2, 0) is 4.84 Å². The first-order chi connectivity index (χ1) is 10.6. The van der Waals surface area contributed by atoms with Gasteiger partial charge in [0.15, 0.2) is 0 Å². The van der Waals surface area contributed by atoms with Crippen LogP contribution >= 0.6 is 0 Å². The number of fused-ring (bicyclic) bond motifs is 2. The van der Waals surface area contributed by atoms with Crippen LogP contribution in [0, 0.1) is 17.7 Å². The zero-order valence-electron chi connectivity index (χ0n) is 13.0. The van der Waals surface area contributed by atoms with Crippen molar-refractivity contribution in [3.63, 3.8) is 0 Å². The van der Waals surface area contributed by atoms with Crippen LogP contribution in [0.15, 0.2) is 18.2 Å². The molecule has 3 rings (SSSR count). The molecule has 2 aliphatic carbocycles. The number of ether oxygens (including phenoxy) is 1. The normalized spacial score (nSPS) is 26.8. The molecule has 0 saturated heterocycles. The molecule has 0 radical (unpaired) electrons. The topological polar surface area (TPSA) is 38.8 Å². The standard InChI is InChI=1S/C17H22FNO3/c1-19(21-2)17(20)15-10-13(5-6-16(15)18)22-14-8-11-3-4-12(7-11)9-14/h5-6,10-12,14H,3-4,7-9H2,1-2H3/t11-,12+,14?. The Labute approximate surface area is 130 Å². The number of rotatable bonds is 4. The predicted molar refractivity (Wildman–Crippen MR) is 80.0 cm³/mol. The lowest BCUT2D eigenvalue weighted by molar-refractivity contribution is -0.0759. The van der Waals surface area contributed by atoms with Gasteiger partial charge in [0.2, 0.25) is 0 Å². The van der Waals surface area contributed by atoms with Gasteiger partial charge >= 0.3 is 0 Å². The maximum Gasteiger partial charge on any atom is 0.280 e. The fourth-order valence-corrected chi connectivity index (χ4v) is 3.73. The van der Waals surface area contributed by atoms with Crippen LogP contribution in [0.1, 0.15) is 42.5 Å². The van der Waals surface area contributed by atoms with Crippen molar-refractivity contribution in [2.75, 3.05) is 14.2 Å². The van der Waals surface area contributed by atoms with Crippen molar-refractivity contribution in [1.29, 1.82) is 0 Å². The average molecular weight is 307 g/mol. The molecule has 2 fully saturated rings. The van der Waals surface area contributed by atoms with Crippen LogP contribution in [0.4, 0.5) is 4.39 Å². The van der Waals surface area contributed by atoms with Crippen LogP contribution in [0.3, 0.4) is 0 Å². The van der Waals surface area contributed by atoms with Gasteiger partial charge in [0.05, 0.1) is 18.8 Å². The van der Waals surface area contributed by atoms with E-state index in [0.717, 1.165) is 29.7 Å². The molecule has 2 saturated carbocycles. The molecule has 2 bridgehead atoms. The number of benzene rings is 1. The van der Waals surface area contributed by atoms with Gasteiger partial charge < -0.3 is 4.74 Å². The lowest BCUT2D eigenvalue weighted by atomic mass is 9.87. The van der Waals surface area contributed by atoms with Gasteiger partial charge in [-0.15, -0.1) is 0 Å². The minimum absolute atomic E-state index is 0.0272. The predicted octanol–water partition coefficient (Wildman–Crippen LogP) is 3.42. The molecule has 0 aliphatic heterocycles. The zero-order chi connectivity index (χ0) is 15.7. The highest BCUT2D eigenvalue weighted by Gasteiger charge is 2.35. The quantitative estimate of drug-likeness (QED) is 0.800. The van der Waals surface area contributed by atoms with Gasteiger partial charge in [0, 0.05) is 7.05 Å². The van der Waals surface area contributed by atoms with Crippen LogP contribution in [-0.4, -0.2) is 31.2 Å². The van der Waals surface area contributed by atoms with Crippen molar-refractivity contribution in [2.45, 2.75) is 38.2 Å². The van der Waals surface area contributed by atoms with Gasteiger partial charge in [-0.05, 0) is 49.3 Å². The average Bonchev–Trinajstić information content (AvgIpc) is 2.86. The highest BCUT2D eigenvalue weighted by molar-refractivity contribution is 5.94. The van der Waals surface area contributed by atoms with E-state index in [2.05, 4.69) is 0 Å². The van der Waals surface area contributed by atoms with E-state index < -0.39 is 11.7 Å². The van der Waals surface area contributed by atoms with E-state index in [1.54, 1.807) is 6.07 Å². The Hall–Kier alpha value is -1.62. The molecule has 1 aromatic carbocycles. The van der Waals surface area contributed by atoms with E-state index in [4.69, 9.17) is 9.57 Å². The highest BCUT2D eigenvalue weighted by Crippen LogP contribution is 2.43. The molecule has 1 aromatic rings. The third-order valence-electron chi connectivity index (χ3n) is 4.87. The first kappa shape index (κ1) is 15.3. The lowest BCUT2D eigenvalue weighted by Gasteiger charge is -2.28. The Kier molecular flexibility index (Phi) is 4.34. The number of amides is 1. The Morgan fingerprint density at radius 2 is 1.91 bits per heavy atom. The van der Waals surface area contributed by atoms with Crippen molar-refractivity contribution >= 4 is 5.91 Å². The molecule has 0 heterocycles. The lowest BCUT2D eigenvalue weighted by Crippen LogP contribution is -2.27. The van der Waals surface area contributed by atoms with Crippen LogP contribution in [0.5, 0.6) is 5.75 Å². The molecule has 0 N–H and O–H groups in total. The highest BCUT2D eigenvalue weighted by atomic mass is 19.1. The Morgan fingerprint density at radius 3 is 2.55 bits per heavy atom. The molecular formula is C17H22FNO3. The monoisotopic (exact) mass is 307 g/mol. The molecule has 22 heavy (non-hydrogen) atoms. The molecule has 1 amide bonds. The summed E-state index contributed by atoms with van der Waals surface area (Å²) < 4.78 is 19.9. The van der Waals surface area contributed by atoms with Crippen LogP contribution in [0.25, 0.3) is 0 Å². The largest absolute Gasteiger partial charge is 0.490 e. The number of carbonyl (C=O) groups excluding carboxylic acids is 1. The van der Waals surface area contributed by atoms with Crippen LogP contribution in [0.2, 0.25) is 0 Å². The molecule has 3 atom stereocenters. The summed E-state index contributed by atoms with van der Waals surface area (Å²) in [4.78, 5) is 16.9. The smallest absolute Gasteiger partial charge is 0.280 e. The van der Waals surface area contributed by atoms with Gasteiger partial charge in [-0.2, -0.15) is 0 Å². The van der Waals surface area contributed by atoms with Crippen LogP contribution < -0.4 is 4.74 Å². The Balaban J connectivity index is 1.73. The summed E-state index contributed by atoms with van der Waals surface area (Å²) in [6.45, 7) is 0. The SMILES string of the molecule is CON(C)C(=O)c1cc(OC2C[C@H]3CC[C@@H](C2)C3)ccc1F. The Morgan fingerprint density at radius 1 is 1.23 bits per heavy atom. The molecule has 120 valence electrons. The molecule has 5 heteroatoms. The van der Waals surface area contributed by atoms with E-state index >= 15 is 0 Å². The second-order valence-corrected chi connectivity index (χ2v) is 6.38. The summed E-state index contributed by atoms with van der Waals surface area (Å²) in [6.07, 6.45) is 6.24. The van der Waals surface area contributed by atoms with Gasteiger partial charge in [-0.25, -0.2) is 9.45 Å². The number of hydrogen-bond donors (Lipinski definition) is 0. The maximum atomic E-state index is 13.9. The molecular weight excluding hydrogens is 285 g/mol. The number of halogens is 1. The molecule has 0 aromatic heterocycles. The van der Waals surface area contributed by atoms with Gasteiger partial charge in [0.1, 0.15) is 11.6 Å². The number of hydrogen-bond acceptors (Lipinski definition) is 3. The van der Waals surface area contributed by atoms with Crippen molar-refractivity contribution in [1.82, 2.24) is 5.06 Å². The van der Waals surface area contributed by atoms with Crippen molar-refractivity contribution in [2.24, 2.45) is 11.8 Å². The number of nitrogens with zero attached hydrogens (tertiary/aromatic N) is 1. The summed E-state index contributed by atoms with van der Waals surface area (Å²) in [5.41, 5.74) is -0.0272. The van der Waals surface area contributed by atoms with E-state index in [0.29, 0.717) is 5.75 Å². The first-order valence-corrected chi connectivity index (χ1v) is 7.85. The van der Waals surface area contributed by atoms with E-state index in [1.165, 1.54) is 45.6 Å². The Bertz CT molecular complexity index is 551. The first-order valence-electron chi connectivity index (χ1n) is 7.85. The fraction of sp³-hybridized carbons (Fsp3) is 0.588. The van der Waals surface area contributed by atoms with Gasteiger partial charge in [-0.1, -0.05) is 12.8 Å². The molecule has 4 nitrogen and oxygen atoms in total. The summed E-state index contributed by atoms with van der Waals surface area (Å²) >= 11 is 0. The fourth-order valence-electron chi connectivity index (χ4n) is 3.73. The van der Waals surface area contributed by atoms with Crippen molar-refractivity contribution in [3.8, 4) is 5.75 Å². The zero-order valence-corrected chi connectivity index (χ0v) is 13.0. The third kappa shape index (κ3) is 3.09. The summed E-state index contributed by atoms with van der Waals surface area (Å²) in [5.74, 6) is 1.01. The summed E-state index contributed by atoms with van der Waals surface area (Å²) in [5, 5.41) is 1.00. The number of carbonyl (C=O) groups is 1. The molecule has 1 unspecified atom stereocenters. The molecule has 2 aliphatic rings. The van der Waals surface area contributed by atoms with Crippen molar-refractivity contribution < 1.29 is 18.8 Å². The van der Waals surface area contributed by atoms with Gasteiger partial charge in [-0.3, -0.25) is 9.63 Å². The molecule has 0 spiro atoms. The second-order valence-electron chi connectivity index (χ2n) is 6.38. The summed E-state index contributed by atoms with van der Waals surface area (Å²) in [6, 6.07) is 4.35. The van der Waals surface area contributed by atoms with Gasteiger partial charge in [0.25, 0.3) is 5.91 Å². The third-order valence-corrected chi connectivity index (χ3v) is 4.87. The van der Waals surface area contributed by atoms with E-state index in [9.17, 15) is 9.18 Å². The van der Waals surface area contributed by atoms with E-state index in [-0.39, 0.29) is 11.7 Å². The van der Waals surface area contributed by atoms with E-state index in [1.807, 2.05) is 0 Å². The minimum Gasteiger partial charge on any atom is -0.490 e. The maximum absolute atomic E-state index is 13.9. The van der Waals surface area contributed by atoms with Crippen molar-refractivity contribution in [3.05, 3.63) is 29.6 Å². The second kappa shape index (κ2) is 6.24.